The number of carbonyl (C=O) groups is 1. The van der Waals surface area contributed by atoms with Gasteiger partial charge in [0.1, 0.15) is 18.0 Å². The number of aliphatic hydroxyl groups excluding tert-OH is 1. The van der Waals surface area contributed by atoms with Crippen LogP contribution in [0.15, 0.2) is 102 Å². The molecule has 1 spiro atoms. The fourth-order valence-electron chi connectivity index (χ4n) is 5.80. The molecule has 0 saturated heterocycles. The molecule has 1 aliphatic heterocycles. The minimum absolute atomic E-state index is 0.0744. The molecule has 3 aromatic carbocycles. The van der Waals surface area contributed by atoms with Crippen LogP contribution in [0.1, 0.15) is 33.3 Å². The summed E-state index contributed by atoms with van der Waals surface area (Å²) in [4.78, 5) is 18.7. The van der Waals surface area contributed by atoms with Crippen LogP contribution in [0.25, 0.3) is 0 Å². The van der Waals surface area contributed by atoms with Crippen LogP contribution in [-0.2, 0) is 14.0 Å². The molecule has 3 atom stereocenters. The van der Waals surface area contributed by atoms with Gasteiger partial charge in [-0.1, -0.05) is 81.4 Å². The number of rotatable bonds is 7. The Bertz CT molecular complexity index is 1360. The van der Waals surface area contributed by atoms with Gasteiger partial charge in [0.05, 0.1) is 13.7 Å². The summed E-state index contributed by atoms with van der Waals surface area (Å²) in [5, 5.41) is 13.2. The zero-order valence-electron chi connectivity index (χ0n) is 23.0. The number of Topliss-reactive ketones (excluding diaryl/α,β-unsaturated/α-hetero) is 1. The first-order chi connectivity index (χ1) is 18.6. The highest BCUT2D eigenvalue weighted by molar-refractivity contribution is 6.99. The standard InChI is InChI=1S/C32H35NO5Si/c1-22-32(33-30(38-22)23-16-18-25(36-5)19-17-23)28(34)20-24(29(32)35)21-37-39(31(2,3)4,26-12-8-6-9-13-26)27-14-10-7-11-15-27/h6-20,22,28,34H,21H2,1-5H3/t22-,28+,32-/m0/s1. The Morgan fingerprint density at radius 1 is 0.949 bits per heavy atom. The van der Waals surface area contributed by atoms with Crippen molar-refractivity contribution in [1.29, 1.82) is 0 Å². The van der Waals surface area contributed by atoms with Gasteiger partial charge in [0.2, 0.25) is 5.90 Å². The smallest absolute Gasteiger partial charge is 0.261 e. The van der Waals surface area contributed by atoms with Gasteiger partial charge in [0.25, 0.3) is 8.32 Å². The lowest BCUT2D eigenvalue weighted by Crippen LogP contribution is -2.66. The summed E-state index contributed by atoms with van der Waals surface area (Å²) >= 11 is 0. The molecule has 7 heteroatoms. The third-order valence-electron chi connectivity index (χ3n) is 7.86. The first-order valence-corrected chi connectivity index (χ1v) is 15.1. The first-order valence-electron chi connectivity index (χ1n) is 13.2. The Morgan fingerprint density at radius 3 is 2.03 bits per heavy atom. The maximum absolute atomic E-state index is 14.0. The van der Waals surface area contributed by atoms with Gasteiger partial charge in [0.15, 0.2) is 11.3 Å². The number of aliphatic imine (C=N–C) groups is 1. The Labute approximate surface area is 231 Å². The largest absolute Gasteiger partial charge is 0.497 e. The summed E-state index contributed by atoms with van der Waals surface area (Å²) in [6, 6.07) is 27.9. The molecule has 0 radical (unpaired) electrons. The normalized spacial score (nSPS) is 23.0. The number of ether oxygens (including phenoxy) is 2. The third-order valence-corrected chi connectivity index (χ3v) is 12.8. The quantitative estimate of drug-likeness (QED) is 0.457. The van der Waals surface area contributed by atoms with Gasteiger partial charge in [-0.3, -0.25) is 4.79 Å². The van der Waals surface area contributed by atoms with Crippen LogP contribution >= 0.6 is 0 Å². The van der Waals surface area contributed by atoms with Gasteiger partial charge in [-0.05, 0) is 52.7 Å². The van der Waals surface area contributed by atoms with Crippen molar-refractivity contribution in [2.24, 2.45) is 4.99 Å². The number of benzene rings is 3. The summed E-state index contributed by atoms with van der Waals surface area (Å²) in [6.07, 6.45) is -0.160. The van der Waals surface area contributed by atoms with E-state index in [9.17, 15) is 9.90 Å². The third kappa shape index (κ3) is 4.44. The first kappa shape index (κ1) is 27.1. The van der Waals surface area contributed by atoms with E-state index < -0.39 is 26.1 Å². The van der Waals surface area contributed by atoms with Gasteiger partial charge in [0, 0.05) is 11.1 Å². The molecule has 1 aliphatic carbocycles. The second-order valence-electron chi connectivity index (χ2n) is 11.1. The molecular weight excluding hydrogens is 506 g/mol. The minimum atomic E-state index is -2.87. The number of hydrogen-bond acceptors (Lipinski definition) is 6. The monoisotopic (exact) mass is 541 g/mol. The van der Waals surface area contributed by atoms with Crippen molar-refractivity contribution in [2.45, 2.75) is 50.5 Å². The van der Waals surface area contributed by atoms with E-state index in [1.165, 1.54) is 0 Å². The van der Waals surface area contributed by atoms with Crippen LogP contribution in [0.2, 0.25) is 5.04 Å². The zero-order valence-corrected chi connectivity index (χ0v) is 24.0. The topological polar surface area (TPSA) is 77.4 Å². The lowest BCUT2D eigenvalue weighted by molar-refractivity contribution is -0.124. The molecule has 202 valence electrons. The van der Waals surface area contributed by atoms with Crippen molar-refractivity contribution in [3.8, 4) is 5.75 Å². The van der Waals surface area contributed by atoms with Crippen LogP contribution < -0.4 is 15.1 Å². The molecule has 0 saturated carbocycles. The van der Waals surface area contributed by atoms with Crippen LogP contribution in [0, 0.1) is 0 Å². The van der Waals surface area contributed by atoms with E-state index in [1.54, 1.807) is 20.1 Å². The molecule has 0 aromatic heterocycles. The Hall–Kier alpha value is -3.52. The van der Waals surface area contributed by atoms with Crippen LogP contribution in [0.4, 0.5) is 0 Å². The lowest BCUT2D eigenvalue weighted by Gasteiger charge is -2.43. The Morgan fingerprint density at radius 2 is 1.51 bits per heavy atom. The number of methoxy groups -OCH3 is 1. The van der Waals surface area contributed by atoms with E-state index in [1.807, 2.05) is 60.7 Å². The molecular formula is C32H35NO5Si. The summed E-state index contributed by atoms with van der Waals surface area (Å²) in [5.41, 5.74) is -0.290. The van der Waals surface area contributed by atoms with Gasteiger partial charge in [-0.2, -0.15) is 0 Å². The Balaban J connectivity index is 1.48. The summed E-state index contributed by atoms with van der Waals surface area (Å²) in [6.45, 7) is 8.43. The van der Waals surface area contributed by atoms with Gasteiger partial charge >= 0.3 is 0 Å². The van der Waals surface area contributed by atoms with Gasteiger partial charge in [-0.15, -0.1) is 0 Å². The van der Waals surface area contributed by atoms with E-state index in [0.29, 0.717) is 17.2 Å². The Kier molecular flexibility index (Phi) is 7.09. The van der Waals surface area contributed by atoms with Gasteiger partial charge in [-0.25, -0.2) is 4.99 Å². The molecule has 0 bridgehead atoms. The molecule has 39 heavy (non-hydrogen) atoms. The molecule has 0 fully saturated rings. The summed E-state index contributed by atoms with van der Waals surface area (Å²) in [5.74, 6) is 0.783. The van der Waals surface area contributed by atoms with Crippen LogP contribution in [-0.4, -0.2) is 56.6 Å². The highest BCUT2D eigenvalue weighted by Crippen LogP contribution is 2.41. The molecule has 0 amide bonds. The van der Waals surface area contributed by atoms with E-state index in [2.05, 4.69) is 45.0 Å². The number of aliphatic hydroxyl groups is 1. The van der Waals surface area contributed by atoms with E-state index in [0.717, 1.165) is 15.9 Å². The second kappa shape index (κ2) is 10.2. The summed E-state index contributed by atoms with van der Waals surface area (Å²) in [7, 11) is -1.26. The van der Waals surface area contributed by atoms with E-state index in [-0.39, 0.29) is 17.4 Å². The average Bonchev–Trinajstić information content (AvgIpc) is 3.41. The zero-order chi connectivity index (χ0) is 27.8. The highest BCUT2D eigenvalue weighted by atomic mass is 28.4. The van der Waals surface area contributed by atoms with Gasteiger partial charge < -0.3 is 19.0 Å². The molecule has 6 nitrogen and oxygen atoms in total. The molecule has 3 aromatic rings. The molecule has 5 rings (SSSR count). The average molecular weight is 542 g/mol. The molecule has 1 N–H and O–H groups in total. The number of carbonyl (C=O) groups excluding carboxylic acids is 1. The van der Waals surface area contributed by atoms with Crippen LogP contribution in [0.5, 0.6) is 5.75 Å². The van der Waals surface area contributed by atoms with Crippen molar-refractivity contribution < 1.29 is 23.8 Å². The van der Waals surface area contributed by atoms with Crippen molar-refractivity contribution in [3.05, 3.63) is 102 Å². The van der Waals surface area contributed by atoms with Crippen molar-refractivity contribution in [2.75, 3.05) is 13.7 Å². The van der Waals surface area contributed by atoms with Crippen LogP contribution in [0.3, 0.4) is 0 Å². The number of hydrogen-bond donors (Lipinski definition) is 1. The minimum Gasteiger partial charge on any atom is -0.497 e. The van der Waals surface area contributed by atoms with Crippen molar-refractivity contribution in [1.82, 2.24) is 0 Å². The predicted molar refractivity (Wildman–Crippen MR) is 155 cm³/mol. The maximum Gasteiger partial charge on any atom is 0.261 e. The lowest BCUT2D eigenvalue weighted by atomic mass is 9.87. The second-order valence-corrected chi connectivity index (χ2v) is 15.5. The highest BCUT2D eigenvalue weighted by Gasteiger charge is 2.59. The van der Waals surface area contributed by atoms with Crippen molar-refractivity contribution >= 4 is 30.4 Å². The fraction of sp³-hybridized carbons (Fsp3) is 0.312. The molecule has 1 heterocycles. The SMILES string of the molecule is COc1ccc(C2=N[C@@]3(C(=O)C(CO[Si](c4ccccc4)(c4ccccc4)C(C)(C)C)=C[C@H]3O)[C@H](C)O2)cc1. The number of ketones is 1. The summed E-state index contributed by atoms with van der Waals surface area (Å²) < 4.78 is 18.3. The predicted octanol–water partition coefficient (Wildman–Crippen LogP) is 4.05. The fourth-order valence-corrected chi connectivity index (χ4v) is 10.3. The van der Waals surface area contributed by atoms with E-state index in [4.69, 9.17) is 18.9 Å². The molecule has 0 unspecified atom stereocenters. The maximum atomic E-state index is 14.0. The molecule has 2 aliphatic rings. The van der Waals surface area contributed by atoms with E-state index >= 15 is 0 Å². The number of nitrogens with zero attached hydrogens (tertiary/aromatic N) is 1. The van der Waals surface area contributed by atoms with Crippen molar-refractivity contribution in [3.63, 3.8) is 0 Å².